The summed E-state index contributed by atoms with van der Waals surface area (Å²) in [7, 11) is 1.59. The lowest BCUT2D eigenvalue weighted by Gasteiger charge is -2.04. The molecule has 122 valence electrons. The zero-order valence-corrected chi connectivity index (χ0v) is 12.6. The Kier molecular flexibility index (Phi) is 5.70. The zero-order chi connectivity index (χ0) is 16.7. The van der Waals surface area contributed by atoms with Crippen LogP contribution in [0.3, 0.4) is 0 Å². The number of benzene rings is 1. The Hall–Kier alpha value is -2.87. The molecule has 1 heterocycles. The van der Waals surface area contributed by atoms with Gasteiger partial charge < -0.3 is 19.9 Å². The number of carbonyl (C=O) groups is 2. The van der Waals surface area contributed by atoms with Crippen LogP contribution in [-0.4, -0.2) is 53.6 Å². The standard InChI is InChI=1S/C15H17N3O5/c1-22-12-4-2-11(3-5-12)18-8-6-13(17-18)15(21)16-7-9-23-10-14(19)20/h2-6,8H,7,9-10H2,1H3,(H,16,21)(H,19,20). The van der Waals surface area contributed by atoms with Gasteiger partial charge in [0.05, 0.1) is 19.4 Å². The van der Waals surface area contributed by atoms with Gasteiger partial charge >= 0.3 is 5.97 Å². The molecule has 1 aromatic carbocycles. The van der Waals surface area contributed by atoms with Crippen LogP contribution in [-0.2, 0) is 9.53 Å². The third-order valence-electron chi connectivity index (χ3n) is 2.92. The third-order valence-corrected chi connectivity index (χ3v) is 2.92. The van der Waals surface area contributed by atoms with Gasteiger partial charge in [0.2, 0.25) is 0 Å². The highest BCUT2D eigenvalue weighted by molar-refractivity contribution is 5.92. The molecular weight excluding hydrogens is 302 g/mol. The summed E-state index contributed by atoms with van der Waals surface area (Å²) in [5.74, 6) is -0.661. The number of nitrogens with one attached hydrogen (secondary N) is 1. The largest absolute Gasteiger partial charge is 0.497 e. The maximum absolute atomic E-state index is 11.9. The van der Waals surface area contributed by atoms with Crippen molar-refractivity contribution in [1.29, 1.82) is 0 Å². The summed E-state index contributed by atoms with van der Waals surface area (Å²) in [5, 5.41) is 15.2. The lowest BCUT2D eigenvalue weighted by atomic mass is 10.3. The summed E-state index contributed by atoms with van der Waals surface area (Å²) in [6.07, 6.45) is 1.68. The topological polar surface area (TPSA) is 103 Å². The average molecular weight is 319 g/mol. The van der Waals surface area contributed by atoms with Gasteiger partial charge in [0.15, 0.2) is 5.69 Å². The number of ether oxygens (including phenoxy) is 2. The quantitative estimate of drug-likeness (QED) is 0.695. The van der Waals surface area contributed by atoms with Crippen LogP contribution in [0.25, 0.3) is 5.69 Å². The fourth-order valence-electron chi connectivity index (χ4n) is 1.81. The van der Waals surface area contributed by atoms with Gasteiger partial charge in [0.25, 0.3) is 5.91 Å². The molecule has 0 fully saturated rings. The van der Waals surface area contributed by atoms with Crippen LogP contribution in [0, 0.1) is 0 Å². The highest BCUT2D eigenvalue weighted by Crippen LogP contribution is 2.14. The van der Waals surface area contributed by atoms with Crippen molar-refractivity contribution >= 4 is 11.9 Å². The molecule has 0 radical (unpaired) electrons. The molecule has 2 aromatic rings. The number of amides is 1. The predicted octanol–water partition coefficient (Wildman–Crippen LogP) is 0.712. The van der Waals surface area contributed by atoms with E-state index in [1.165, 1.54) is 0 Å². The third kappa shape index (κ3) is 4.82. The molecule has 0 aliphatic rings. The summed E-state index contributed by atoms with van der Waals surface area (Å²) < 4.78 is 11.5. The van der Waals surface area contributed by atoms with E-state index in [2.05, 4.69) is 10.4 Å². The van der Waals surface area contributed by atoms with E-state index < -0.39 is 5.97 Å². The molecule has 8 nitrogen and oxygen atoms in total. The minimum Gasteiger partial charge on any atom is -0.497 e. The first-order valence-electron chi connectivity index (χ1n) is 6.88. The summed E-state index contributed by atoms with van der Waals surface area (Å²) in [5.41, 5.74) is 1.06. The number of nitrogens with zero attached hydrogens (tertiary/aromatic N) is 2. The molecule has 0 unspecified atom stereocenters. The van der Waals surface area contributed by atoms with E-state index in [1.54, 1.807) is 36.2 Å². The Morgan fingerprint density at radius 3 is 2.65 bits per heavy atom. The Balaban J connectivity index is 1.87. The normalized spacial score (nSPS) is 10.3. The number of carbonyl (C=O) groups excluding carboxylic acids is 1. The Morgan fingerprint density at radius 2 is 2.00 bits per heavy atom. The van der Waals surface area contributed by atoms with Crippen LogP contribution < -0.4 is 10.1 Å². The van der Waals surface area contributed by atoms with Gasteiger partial charge in [-0.05, 0) is 30.3 Å². The summed E-state index contributed by atoms with van der Waals surface area (Å²) in [4.78, 5) is 22.2. The van der Waals surface area contributed by atoms with Crippen molar-refractivity contribution in [2.75, 3.05) is 26.9 Å². The molecule has 23 heavy (non-hydrogen) atoms. The minimum atomic E-state index is -1.05. The van der Waals surface area contributed by atoms with E-state index in [9.17, 15) is 9.59 Å². The van der Waals surface area contributed by atoms with Crippen molar-refractivity contribution in [1.82, 2.24) is 15.1 Å². The molecule has 2 N–H and O–H groups in total. The van der Waals surface area contributed by atoms with E-state index in [0.717, 1.165) is 11.4 Å². The van der Waals surface area contributed by atoms with Gasteiger partial charge in [0, 0.05) is 12.7 Å². The molecule has 0 aliphatic carbocycles. The van der Waals surface area contributed by atoms with Crippen LogP contribution in [0.15, 0.2) is 36.5 Å². The minimum absolute atomic E-state index is 0.122. The number of aliphatic carboxylic acids is 1. The van der Waals surface area contributed by atoms with Gasteiger partial charge in [-0.3, -0.25) is 4.79 Å². The van der Waals surface area contributed by atoms with Crippen LogP contribution in [0.4, 0.5) is 0 Å². The average Bonchev–Trinajstić information content (AvgIpc) is 3.04. The zero-order valence-electron chi connectivity index (χ0n) is 12.6. The number of methoxy groups -OCH3 is 1. The maximum atomic E-state index is 11.9. The van der Waals surface area contributed by atoms with E-state index >= 15 is 0 Å². The first-order valence-corrected chi connectivity index (χ1v) is 6.88. The molecule has 0 saturated carbocycles. The number of hydrogen-bond donors (Lipinski definition) is 2. The highest BCUT2D eigenvalue weighted by Gasteiger charge is 2.09. The lowest BCUT2D eigenvalue weighted by molar-refractivity contribution is -0.142. The number of carboxylic acid groups (broad SMARTS) is 1. The molecule has 8 heteroatoms. The summed E-state index contributed by atoms with van der Waals surface area (Å²) in [6.45, 7) is -0.0549. The van der Waals surface area contributed by atoms with Gasteiger partial charge in [-0.1, -0.05) is 0 Å². The predicted molar refractivity (Wildman–Crippen MR) is 80.9 cm³/mol. The maximum Gasteiger partial charge on any atom is 0.329 e. The van der Waals surface area contributed by atoms with Crippen LogP contribution >= 0.6 is 0 Å². The number of carboxylic acids is 1. The molecule has 0 atom stereocenters. The van der Waals surface area contributed by atoms with Gasteiger partial charge in [0.1, 0.15) is 12.4 Å². The summed E-state index contributed by atoms with van der Waals surface area (Å²) >= 11 is 0. The first kappa shape index (κ1) is 16.5. The molecule has 0 aliphatic heterocycles. The lowest BCUT2D eigenvalue weighted by Crippen LogP contribution is -2.28. The van der Waals surface area contributed by atoms with Gasteiger partial charge in [-0.15, -0.1) is 0 Å². The molecule has 1 amide bonds. The van der Waals surface area contributed by atoms with Crippen molar-refractivity contribution < 1.29 is 24.2 Å². The second-order valence-corrected chi connectivity index (χ2v) is 4.55. The van der Waals surface area contributed by atoms with Crippen molar-refractivity contribution in [3.05, 3.63) is 42.2 Å². The SMILES string of the molecule is COc1ccc(-n2ccc(C(=O)NCCOCC(=O)O)n2)cc1. The van der Waals surface area contributed by atoms with Gasteiger partial charge in [-0.25, -0.2) is 9.48 Å². The number of aromatic nitrogens is 2. The first-order chi connectivity index (χ1) is 11.1. The molecule has 0 bridgehead atoms. The Bertz CT molecular complexity index is 666. The van der Waals surface area contributed by atoms with Gasteiger partial charge in [-0.2, -0.15) is 5.10 Å². The molecule has 1 aromatic heterocycles. The molecule has 0 saturated heterocycles. The van der Waals surface area contributed by atoms with Crippen LogP contribution in [0.2, 0.25) is 0 Å². The fraction of sp³-hybridized carbons (Fsp3) is 0.267. The highest BCUT2D eigenvalue weighted by atomic mass is 16.5. The van der Waals surface area contributed by atoms with E-state index in [0.29, 0.717) is 0 Å². The Labute approximate surface area is 132 Å². The summed E-state index contributed by atoms with van der Waals surface area (Å²) in [6, 6.07) is 8.85. The van der Waals surface area contributed by atoms with E-state index in [1.807, 2.05) is 12.1 Å². The van der Waals surface area contributed by atoms with Crippen LogP contribution in [0.1, 0.15) is 10.5 Å². The van der Waals surface area contributed by atoms with Crippen molar-refractivity contribution in [3.63, 3.8) is 0 Å². The van der Waals surface area contributed by atoms with Crippen LogP contribution in [0.5, 0.6) is 5.75 Å². The van der Waals surface area contributed by atoms with E-state index in [4.69, 9.17) is 14.6 Å². The number of hydrogen-bond acceptors (Lipinski definition) is 5. The second kappa shape index (κ2) is 7.95. The molecule has 0 spiro atoms. The van der Waals surface area contributed by atoms with Crippen molar-refractivity contribution in [3.8, 4) is 11.4 Å². The fourth-order valence-corrected chi connectivity index (χ4v) is 1.81. The van der Waals surface area contributed by atoms with E-state index in [-0.39, 0.29) is 31.4 Å². The van der Waals surface area contributed by atoms with Crippen molar-refractivity contribution in [2.24, 2.45) is 0 Å². The molecule has 2 rings (SSSR count). The monoisotopic (exact) mass is 319 g/mol. The number of rotatable bonds is 8. The smallest absolute Gasteiger partial charge is 0.329 e. The molecular formula is C15H17N3O5. The second-order valence-electron chi connectivity index (χ2n) is 4.55. The van der Waals surface area contributed by atoms with Crippen molar-refractivity contribution in [2.45, 2.75) is 0 Å². The Morgan fingerprint density at radius 1 is 1.26 bits per heavy atom.